The standard InChI is InChI=1S/C45H68N2.2C5H11.Ni/c1-5-9-13-16-18-19-20-21-24-30-40-31-26-27-33-43(40)45(41-36-34-39(35-37-41)28-23-15-11-7-3)44(32-25-22-17-14-10-6-2)42(38-47-46)29-12-8-4;2*1-3-5-4-2;/h19-20,26-27,31,33-37H,5-18,21-25,28-30,32H2,1-4H3;2*1,3-5H2,2H3;/q;2*-1;+2. The van der Waals surface area contributed by atoms with Crippen LogP contribution in [-0.2, 0) is 29.3 Å². The van der Waals surface area contributed by atoms with Crippen LogP contribution in [0.1, 0.15) is 237 Å². The molecule has 2 aromatic carbocycles. The zero-order valence-corrected chi connectivity index (χ0v) is 39.9. The van der Waals surface area contributed by atoms with E-state index in [1.807, 2.05) is 0 Å². The summed E-state index contributed by atoms with van der Waals surface area (Å²) in [4.78, 5) is 3.51. The molecule has 0 amide bonds. The number of hydrogen-bond acceptors (Lipinski definition) is 0. The van der Waals surface area contributed by atoms with Gasteiger partial charge < -0.3 is 19.4 Å². The first-order valence-electron chi connectivity index (χ1n) is 24.1. The minimum absolute atomic E-state index is 0. The Kier molecular flexibility index (Phi) is 43.9. The van der Waals surface area contributed by atoms with E-state index in [-0.39, 0.29) is 16.5 Å². The maximum Gasteiger partial charge on any atom is 2.00 e. The summed E-state index contributed by atoms with van der Waals surface area (Å²) in [6.45, 7) is 20.8. The summed E-state index contributed by atoms with van der Waals surface area (Å²) in [5.41, 5.74) is 19.0. The second-order valence-electron chi connectivity index (χ2n) is 16.0. The van der Waals surface area contributed by atoms with E-state index in [4.69, 9.17) is 0 Å². The predicted octanol–water partition coefficient (Wildman–Crippen LogP) is 18.2. The van der Waals surface area contributed by atoms with Gasteiger partial charge in [-0.3, -0.25) is 0 Å². The summed E-state index contributed by atoms with van der Waals surface area (Å²) in [5.74, 6) is 3.08. The van der Waals surface area contributed by atoms with Gasteiger partial charge in [0.15, 0.2) is 0 Å². The van der Waals surface area contributed by atoms with Gasteiger partial charge in [0.2, 0.25) is 0 Å². The maximum atomic E-state index is 9.80. The van der Waals surface area contributed by atoms with E-state index in [1.165, 1.54) is 149 Å². The van der Waals surface area contributed by atoms with Gasteiger partial charge in [-0.25, -0.2) is 0 Å². The number of nitrogens with zero attached hydrogens (tertiary/aromatic N) is 2. The van der Waals surface area contributed by atoms with Crippen LogP contribution in [0.5, 0.6) is 0 Å². The molecular weight excluding hydrogens is 747 g/mol. The van der Waals surface area contributed by atoms with E-state index in [0.717, 1.165) is 76.2 Å². The van der Waals surface area contributed by atoms with E-state index in [9.17, 15) is 5.53 Å². The molecule has 0 heterocycles. The van der Waals surface area contributed by atoms with Crippen molar-refractivity contribution in [1.29, 1.82) is 0 Å². The maximum absolute atomic E-state index is 9.80. The molecule has 2 aromatic rings. The summed E-state index contributed by atoms with van der Waals surface area (Å²) < 4.78 is 0. The Morgan fingerprint density at radius 3 is 1.62 bits per heavy atom. The van der Waals surface area contributed by atoms with E-state index in [0.29, 0.717) is 0 Å². The van der Waals surface area contributed by atoms with Crippen LogP contribution in [-0.4, -0.2) is 10.7 Å². The monoisotopic (exact) mass is 837 g/mol. The molecule has 2 rings (SSSR count). The van der Waals surface area contributed by atoms with Gasteiger partial charge in [-0.05, 0) is 104 Å². The molecule has 0 atom stereocenters. The van der Waals surface area contributed by atoms with Crippen molar-refractivity contribution in [2.24, 2.45) is 0 Å². The molecule has 0 bridgehead atoms. The average Bonchev–Trinajstić information content (AvgIpc) is 3.23. The Bertz CT molecular complexity index is 1330. The average molecular weight is 838 g/mol. The summed E-state index contributed by atoms with van der Waals surface area (Å²) >= 11 is 0. The molecule has 330 valence electrons. The van der Waals surface area contributed by atoms with Gasteiger partial charge in [-0.15, -0.1) is 4.79 Å². The Morgan fingerprint density at radius 1 is 0.552 bits per heavy atom. The van der Waals surface area contributed by atoms with E-state index < -0.39 is 0 Å². The Labute approximate surface area is 372 Å². The first kappa shape index (κ1) is 57.7. The summed E-state index contributed by atoms with van der Waals surface area (Å²) in [5, 5.41) is 0. The number of benzene rings is 2. The van der Waals surface area contributed by atoms with Crippen molar-refractivity contribution < 1.29 is 21.3 Å². The van der Waals surface area contributed by atoms with Gasteiger partial charge in [-0.1, -0.05) is 205 Å². The normalized spacial score (nSPS) is 11.0. The van der Waals surface area contributed by atoms with Crippen molar-refractivity contribution in [3.8, 4) is 0 Å². The number of unbranched alkanes of at least 4 members (excludes halogenated alkanes) is 18. The molecule has 2 nitrogen and oxygen atoms in total. The quantitative estimate of drug-likeness (QED) is 0.0106. The number of rotatable bonds is 31. The van der Waals surface area contributed by atoms with Crippen molar-refractivity contribution in [3.05, 3.63) is 113 Å². The van der Waals surface area contributed by atoms with Gasteiger partial charge in [0.1, 0.15) is 0 Å². The molecular formula is C55H90N2Ni. The van der Waals surface area contributed by atoms with Crippen molar-refractivity contribution >= 4 is 11.4 Å². The zero-order valence-electron chi connectivity index (χ0n) is 38.9. The van der Waals surface area contributed by atoms with Crippen LogP contribution >= 0.6 is 0 Å². The van der Waals surface area contributed by atoms with Gasteiger partial charge in [0.05, 0.1) is 5.57 Å². The molecule has 0 unspecified atom stereocenters. The van der Waals surface area contributed by atoms with Crippen LogP contribution in [0.2, 0.25) is 0 Å². The molecule has 58 heavy (non-hydrogen) atoms. The fraction of sp³-hybridized carbons (Fsp3) is 0.636. The summed E-state index contributed by atoms with van der Waals surface area (Å²) in [7, 11) is 0. The second kappa shape index (κ2) is 44.1. The third-order valence-electron chi connectivity index (χ3n) is 10.7. The van der Waals surface area contributed by atoms with Crippen LogP contribution in [0.25, 0.3) is 11.1 Å². The van der Waals surface area contributed by atoms with Crippen LogP contribution < -0.4 is 0 Å². The first-order valence-corrected chi connectivity index (χ1v) is 24.1. The minimum Gasteiger partial charge on any atom is -0.348 e. The number of hydrogen-bond donors (Lipinski definition) is 0. The first-order chi connectivity index (χ1) is 28.0. The predicted molar refractivity (Wildman–Crippen MR) is 257 cm³/mol. The SMILES string of the molecule is CCCCCCC=CCCCc1ccccc1C(=C(CCCCCCCC)C(=C=[N+]=[N-])CCCC)c1ccc(CCCCCC)cc1.[CH2-]CCCC.[CH2-]CCCC.[Ni+2]. The fourth-order valence-electron chi connectivity index (χ4n) is 7.10. The van der Waals surface area contributed by atoms with Crippen LogP contribution in [0.3, 0.4) is 0 Å². The van der Waals surface area contributed by atoms with Gasteiger partial charge >= 0.3 is 22.4 Å². The molecule has 0 fully saturated rings. The van der Waals surface area contributed by atoms with Crippen LogP contribution in [0.4, 0.5) is 0 Å². The van der Waals surface area contributed by atoms with Crippen molar-refractivity contribution in [2.45, 2.75) is 228 Å². The molecule has 3 heteroatoms. The van der Waals surface area contributed by atoms with Crippen molar-refractivity contribution in [3.63, 3.8) is 0 Å². The number of allylic oxidation sites excluding steroid dienone is 4. The zero-order chi connectivity index (χ0) is 42.0. The van der Waals surface area contributed by atoms with E-state index in [1.54, 1.807) is 0 Å². The number of aryl methyl sites for hydroxylation is 2. The second-order valence-corrected chi connectivity index (χ2v) is 16.0. The molecule has 0 saturated carbocycles. The van der Waals surface area contributed by atoms with Gasteiger partial charge in [-0.2, -0.15) is 12.8 Å². The molecule has 0 aliphatic heterocycles. The summed E-state index contributed by atoms with van der Waals surface area (Å²) in [6.07, 6.45) is 39.8. The van der Waals surface area contributed by atoms with Gasteiger partial charge in [0.25, 0.3) is 0 Å². The third-order valence-corrected chi connectivity index (χ3v) is 10.7. The molecule has 0 aliphatic carbocycles. The van der Waals surface area contributed by atoms with Crippen LogP contribution in [0.15, 0.2) is 71.8 Å². The topological polar surface area (TPSA) is 36.4 Å². The Morgan fingerprint density at radius 2 is 1.07 bits per heavy atom. The molecule has 0 saturated heterocycles. The Hall–Kier alpha value is -2.43. The summed E-state index contributed by atoms with van der Waals surface area (Å²) in [6, 6.07) is 18.5. The molecule has 0 radical (unpaired) electrons. The van der Waals surface area contributed by atoms with Crippen LogP contribution in [0, 0.1) is 13.8 Å². The van der Waals surface area contributed by atoms with E-state index in [2.05, 4.69) is 127 Å². The fourth-order valence-corrected chi connectivity index (χ4v) is 7.10. The van der Waals surface area contributed by atoms with Gasteiger partial charge in [0, 0.05) is 0 Å². The minimum atomic E-state index is 0. The Balaban J connectivity index is 0. The molecule has 0 aliphatic rings. The smallest absolute Gasteiger partial charge is 0.348 e. The third kappa shape index (κ3) is 29.7. The van der Waals surface area contributed by atoms with Crippen molar-refractivity contribution in [2.75, 3.05) is 0 Å². The van der Waals surface area contributed by atoms with E-state index >= 15 is 0 Å². The molecule has 0 aromatic heterocycles. The molecule has 0 spiro atoms. The van der Waals surface area contributed by atoms with Crippen molar-refractivity contribution in [1.82, 2.24) is 0 Å². The molecule has 0 N–H and O–H groups in total. The largest absolute Gasteiger partial charge is 2.00 e.